The topological polar surface area (TPSA) is 81.4 Å². The molecule has 6 heteroatoms. The minimum atomic E-state index is -1.02. The summed E-state index contributed by atoms with van der Waals surface area (Å²) < 4.78 is 6.70. The number of benzene rings is 1. The molecule has 6 nitrogen and oxygen atoms in total. The third-order valence-electron chi connectivity index (χ3n) is 3.98. The number of aromatic nitrogens is 2. The van der Waals surface area contributed by atoms with Crippen molar-refractivity contribution in [2.45, 2.75) is 39.5 Å². The molecule has 0 bridgehead atoms. The van der Waals surface area contributed by atoms with Crippen molar-refractivity contribution < 1.29 is 19.4 Å². The smallest absolute Gasteiger partial charge is 0.419 e. The minimum absolute atomic E-state index is 0.140. The second-order valence-electron chi connectivity index (χ2n) is 5.62. The van der Waals surface area contributed by atoms with E-state index in [2.05, 4.69) is 18.8 Å². The Balaban J connectivity index is 2.07. The van der Waals surface area contributed by atoms with Crippen molar-refractivity contribution in [3.63, 3.8) is 0 Å². The van der Waals surface area contributed by atoms with Gasteiger partial charge in [-0.25, -0.2) is 19.1 Å². The number of ether oxygens (including phenoxy) is 1. The summed E-state index contributed by atoms with van der Waals surface area (Å²) in [5.41, 5.74) is 1.14. The lowest BCUT2D eigenvalue weighted by Gasteiger charge is -2.14. The first-order valence-electron chi connectivity index (χ1n) is 7.94. The molecule has 0 saturated heterocycles. The van der Waals surface area contributed by atoms with Crippen LogP contribution < -0.4 is 0 Å². The average molecular weight is 318 g/mol. The number of carbonyl (C=O) groups excluding carboxylic acids is 1. The van der Waals surface area contributed by atoms with Gasteiger partial charge in [0.1, 0.15) is 6.33 Å². The molecule has 1 aromatic carbocycles. The van der Waals surface area contributed by atoms with Crippen LogP contribution >= 0.6 is 0 Å². The predicted octanol–water partition coefficient (Wildman–Crippen LogP) is 3.94. The lowest BCUT2D eigenvalue weighted by atomic mass is 10.0. The molecule has 0 radical (unpaired) electrons. The molecule has 0 spiro atoms. The number of rotatable bonds is 7. The number of carboxylic acids is 1. The van der Waals surface area contributed by atoms with Gasteiger partial charge in [-0.1, -0.05) is 33.1 Å². The van der Waals surface area contributed by atoms with Crippen molar-refractivity contribution in [1.29, 1.82) is 0 Å². The number of hydrogen-bond donors (Lipinski definition) is 1. The molecule has 0 fully saturated rings. The normalized spacial score (nSPS) is 12.3. The van der Waals surface area contributed by atoms with Gasteiger partial charge in [-0.3, -0.25) is 0 Å². The Hall–Kier alpha value is -2.37. The first-order valence-corrected chi connectivity index (χ1v) is 7.94. The molecule has 0 saturated carbocycles. The first kappa shape index (κ1) is 17.0. The molecule has 0 aliphatic carbocycles. The Morgan fingerprint density at radius 2 is 2.13 bits per heavy atom. The van der Waals surface area contributed by atoms with Crippen LogP contribution in [0.1, 0.15) is 49.9 Å². The number of unbranched alkanes of at least 4 members (excludes halogenated alkanes) is 1. The van der Waals surface area contributed by atoms with E-state index in [0.717, 1.165) is 25.7 Å². The molecule has 0 aliphatic heterocycles. The second kappa shape index (κ2) is 7.76. The predicted molar refractivity (Wildman–Crippen MR) is 86.7 cm³/mol. The molecule has 0 aliphatic rings. The van der Waals surface area contributed by atoms with Crippen molar-refractivity contribution in [3.05, 3.63) is 30.1 Å². The molecule has 0 amide bonds. The van der Waals surface area contributed by atoms with Crippen molar-refractivity contribution in [1.82, 2.24) is 9.55 Å². The summed E-state index contributed by atoms with van der Waals surface area (Å²) in [6.07, 6.45) is 5.16. The van der Waals surface area contributed by atoms with E-state index in [1.165, 1.54) is 23.0 Å². The summed E-state index contributed by atoms with van der Waals surface area (Å²) in [6.45, 7) is 4.62. The first-order chi connectivity index (χ1) is 11.1. The van der Waals surface area contributed by atoms with E-state index in [1.807, 2.05) is 0 Å². The second-order valence-corrected chi connectivity index (χ2v) is 5.62. The van der Waals surface area contributed by atoms with Gasteiger partial charge in [-0.15, -0.1) is 0 Å². The van der Waals surface area contributed by atoms with Crippen molar-refractivity contribution >= 4 is 23.1 Å². The molecule has 2 aromatic rings. The summed E-state index contributed by atoms with van der Waals surface area (Å²) in [6, 6.07) is 4.46. The lowest BCUT2D eigenvalue weighted by Crippen LogP contribution is -2.18. The fraction of sp³-hybridized carbons (Fsp3) is 0.471. The van der Waals surface area contributed by atoms with Crippen LogP contribution in [0.15, 0.2) is 24.5 Å². The lowest BCUT2D eigenvalue weighted by molar-refractivity contribution is 0.0697. The quantitative estimate of drug-likeness (QED) is 0.836. The van der Waals surface area contributed by atoms with Gasteiger partial charge < -0.3 is 9.84 Å². The zero-order valence-electron chi connectivity index (χ0n) is 13.5. The number of carboxylic acid groups (broad SMARTS) is 1. The molecule has 1 heterocycles. The summed E-state index contributed by atoms with van der Waals surface area (Å²) in [5.74, 6) is -0.655. The molecular weight excluding hydrogens is 296 g/mol. The van der Waals surface area contributed by atoms with Gasteiger partial charge in [0.25, 0.3) is 0 Å². The number of hydrogen-bond acceptors (Lipinski definition) is 4. The summed E-state index contributed by atoms with van der Waals surface area (Å²) >= 11 is 0. The third-order valence-corrected chi connectivity index (χ3v) is 3.98. The summed E-state index contributed by atoms with van der Waals surface area (Å²) in [4.78, 5) is 27.3. The SMILES string of the molecule is CCCC[C@@H](CC)COC(=O)n1cnc2cc(C(=O)O)ccc21. The van der Waals surface area contributed by atoms with Gasteiger partial charge >= 0.3 is 12.1 Å². The Labute approximate surface area is 135 Å². The van der Waals surface area contributed by atoms with Gasteiger partial charge in [-0.05, 0) is 30.5 Å². The number of imidazole rings is 1. The van der Waals surface area contributed by atoms with E-state index in [9.17, 15) is 9.59 Å². The number of nitrogens with zero attached hydrogens (tertiary/aromatic N) is 2. The van der Waals surface area contributed by atoms with Crippen LogP contribution in [0, 0.1) is 5.92 Å². The highest BCUT2D eigenvalue weighted by Gasteiger charge is 2.15. The van der Waals surface area contributed by atoms with E-state index in [-0.39, 0.29) is 5.56 Å². The van der Waals surface area contributed by atoms with Gasteiger partial charge in [0, 0.05) is 0 Å². The van der Waals surface area contributed by atoms with Crippen LogP contribution in [0.25, 0.3) is 11.0 Å². The molecule has 124 valence electrons. The Morgan fingerprint density at radius 3 is 2.78 bits per heavy atom. The van der Waals surface area contributed by atoms with Crippen molar-refractivity contribution in [3.8, 4) is 0 Å². The summed E-state index contributed by atoms with van der Waals surface area (Å²) in [5, 5.41) is 8.98. The van der Waals surface area contributed by atoms with Crippen molar-refractivity contribution in [2.75, 3.05) is 6.61 Å². The molecular formula is C17H22N2O4. The van der Waals surface area contributed by atoms with E-state index >= 15 is 0 Å². The largest absolute Gasteiger partial charge is 0.478 e. The highest BCUT2D eigenvalue weighted by atomic mass is 16.5. The Kier molecular flexibility index (Phi) is 5.73. The maximum atomic E-state index is 12.2. The number of fused-ring (bicyclic) bond motifs is 1. The summed E-state index contributed by atoms with van der Waals surface area (Å²) in [7, 11) is 0. The maximum absolute atomic E-state index is 12.2. The van der Waals surface area contributed by atoms with Gasteiger partial charge in [0.2, 0.25) is 0 Å². The number of aromatic carboxylic acids is 1. The zero-order chi connectivity index (χ0) is 16.8. The van der Waals surface area contributed by atoms with E-state index in [1.54, 1.807) is 6.07 Å². The number of carbonyl (C=O) groups is 2. The van der Waals surface area contributed by atoms with Gasteiger partial charge in [-0.2, -0.15) is 0 Å². The zero-order valence-corrected chi connectivity index (χ0v) is 13.5. The fourth-order valence-electron chi connectivity index (χ4n) is 2.45. The maximum Gasteiger partial charge on any atom is 0.419 e. The van der Waals surface area contributed by atoms with Crippen LogP contribution in [-0.2, 0) is 4.74 Å². The Morgan fingerprint density at radius 1 is 1.35 bits per heavy atom. The van der Waals surface area contributed by atoms with Gasteiger partial charge in [0.05, 0.1) is 23.2 Å². The molecule has 23 heavy (non-hydrogen) atoms. The van der Waals surface area contributed by atoms with Gasteiger partial charge in [0.15, 0.2) is 0 Å². The molecule has 0 unspecified atom stereocenters. The fourth-order valence-corrected chi connectivity index (χ4v) is 2.45. The van der Waals surface area contributed by atoms with E-state index in [4.69, 9.17) is 9.84 Å². The molecule has 1 N–H and O–H groups in total. The van der Waals surface area contributed by atoms with Crippen LogP contribution in [0.4, 0.5) is 4.79 Å². The third kappa shape index (κ3) is 4.09. The standard InChI is InChI=1S/C17H22N2O4/c1-3-5-6-12(4-2)10-23-17(22)19-11-18-14-9-13(16(20)21)7-8-15(14)19/h7-9,11-12H,3-6,10H2,1-2H3,(H,20,21)/t12-/m1/s1. The van der Waals surface area contributed by atoms with Crippen LogP contribution in [0.2, 0.25) is 0 Å². The van der Waals surface area contributed by atoms with Crippen molar-refractivity contribution in [2.24, 2.45) is 5.92 Å². The van der Waals surface area contributed by atoms with E-state index < -0.39 is 12.1 Å². The highest BCUT2D eigenvalue weighted by Crippen LogP contribution is 2.17. The average Bonchev–Trinajstić information content (AvgIpc) is 2.97. The van der Waals surface area contributed by atoms with Crippen LogP contribution in [0.5, 0.6) is 0 Å². The highest BCUT2D eigenvalue weighted by molar-refractivity contribution is 5.94. The molecule has 1 atom stereocenters. The minimum Gasteiger partial charge on any atom is -0.478 e. The Bertz CT molecular complexity index is 693. The molecule has 1 aromatic heterocycles. The van der Waals surface area contributed by atoms with Crippen LogP contribution in [-0.4, -0.2) is 33.3 Å². The monoisotopic (exact) mass is 318 g/mol. The van der Waals surface area contributed by atoms with E-state index in [0.29, 0.717) is 23.6 Å². The van der Waals surface area contributed by atoms with Crippen LogP contribution in [0.3, 0.4) is 0 Å². The molecule has 2 rings (SSSR count).